The number of halogens is 1. The Morgan fingerprint density at radius 1 is 1.47 bits per heavy atom. The van der Waals surface area contributed by atoms with Gasteiger partial charge in [-0.2, -0.15) is 0 Å². The fourth-order valence-electron chi connectivity index (χ4n) is 1.29. The molecule has 8 heteroatoms. The Hall–Kier alpha value is -1.31. The van der Waals surface area contributed by atoms with E-state index in [1.807, 2.05) is 0 Å². The van der Waals surface area contributed by atoms with Crippen LogP contribution in [0.25, 0.3) is 0 Å². The van der Waals surface area contributed by atoms with Gasteiger partial charge in [0.25, 0.3) is 0 Å². The maximum absolute atomic E-state index is 11.9. The number of esters is 1. The lowest BCUT2D eigenvalue weighted by Crippen LogP contribution is -2.26. The maximum Gasteiger partial charge on any atom is 0.307 e. The first-order chi connectivity index (χ1) is 8.86. The second-order valence-electron chi connectivity index (χ2n) is 3.64. The maximum atomic E-state index is 11.9. The molecule has 0 saturated carbocycles. The van der Waals surface area contributed by atoms with Crippen molar-refractivity contribution in [3.8, 4) is 0 Å². The lowest BCUT2D eigenvalue weighted by atomic mass is 10.3. The Balaban J connectivity index is 2.66. The third kappa shape index (κ3) is 4.70. The van der Waals surface area contributed by atoms with Crippen molar-refractivity contribution in [3.63, 3.8) is 0 Å². The van der Waals surface area contributed by atoms with E-state index in [0.29, 0.717) is 0 Å². The van der Waals surface area contributed by atoms with Gasteiger partial charge in [0.1, 0.15) is 0 Å². The molecule has 0 aliphatic heterocycles. The van der Waals surface area contributed by atoms with Gasteiger partial charge < -0.3 is 10.5 Å². The summed E-state index contributed by atoms with van der Waals surface area (Å²) in [5.74, 6) is -0.458. The average molecular weight is 307 g/mol. The van der Waals surface area contributed by atoms with E-state index in [1.54, 1.807) is 6.92 Å². The summed E-state index contributed by atoms with van der Waals surface area (Å²) in [5.41, 5.74) is 5.71. The first-order valence-electron chi connectivity index (χ1n) is 5.57. The molecule has 19 heavy (non-hydrogen) atoms. The number of anilines is 1. The van der Waals surface area contributed by atoms with Crippen molar-refractivity contribution in [1.82, 2.24) is 4.72 Å². The van der Waals surface area contributed by atoms with Crippen molar-refractivity contribution < 1.29 is 17.9 Å². The van der Waals surface area contributed by atoms with Gasteiger partial charge in [-0.3, -0.25) is 4.79 Å². The second kappa shape index (κ2) is 6.74. The lowest BCUT2D eigenvalue weighted by Gasteiger charge is -2.07. The average Bonchev–Trinajstić information content (AvgIpc) is 2.32. The zero-order valence-electron chi connectivity index (χ0n) is 10.3. The summed E-state index contributed by atoms with van der Waals surface area (Å²) in [7, 11) is -3.71. The molecule has 0 aliphatic carbocycles. The number of nitrogens with one attached hydrogen (secondary N) is 1. The van der Waals surface area contributed by atoms with Crippen LogP contribution in [0, 0.1) is 0 Å². The van der Waals surface area contributed by atoms with Gasteiger partial charge in [0.2, 0.25) is 10.0 Å². The predicted octanol–water partition coefficient (Wildman–Crippen LogP) is 1.15. The molecule has 3 N–H and O–H groups in total. The monoisotopic (exact) mass is 306 g/mol. The van der Waals surface area contributed by atoms with E-state index >= 15 is 0 Å². The van der Waals surface area contributed by atoms with Gasteiger partial charge in [-0.05, 0) is 25.1 Å². The SMILES string of the molecule is CCOC(=O)CCNS(=O)(=O)c1ccc(Cl)c(N)c1. The number of sulfonamides is 1. The molecule has 0 bridgehead atoms. The first-order valence-corrected chi connectivity index (χ1v) is 7.43. The van der Waals surface area contributed by atoms with E-state index in [2.05, 4.69) is 9.46 Å². The summed E-state index contributed by atoms with van der Waals surface area (Å²) >= 11 is 5.71. The molecule has 0 aromatic heterocycles. The topological polar surface area (TPSA) is 98.5 Å². The van der Waals surface area contributed by atoms with Gasteiger partial charge in [-0.25, -0.2) is 13.1 Å². The van der Waals surface area contributed by atoms with Crippen molar-refractivity contribution in [2.45, 2.75) is 18.2 Å². The highest BCUT2D eigenvalue weighted by molar-refractivity contribution is 7.89. The molecule has 1 aromatic rings. The van der Waals surface area contributed by atoms with Crippen LogP contribution in [0.1, 0.15) is 13.3 Å². The van der Waals surface area contributed by atoms with Gasteiger partial charge >= 0.3 is 5.97 Å². The number of hydrogen-bond acceptors (Lipinski definition) is 5. The van der Waals surface area contributed by atoms with Crippen molar-refractivity contribution in [3.05, 3.63) is 23.2 Å². The summed E-state index contributed by atoms with van der Waals surface area (Å²) in [5, 5.41) is 0.283. The molecule has 6 nitrogen and oxygen atoms in total. The molecule has 0 saturated heterocycles. The van der Waals surface area contributed by atoms with Crippen LogP contribution in [0.4, 0.5) is 5.69 Å². The van der Waals surface area contributed by atoms with Gasteiger partial charge in [0, 0.05) is 6.54 Å². The van der Waals surface area contributed by atoms with Crippen molar-refractivity contribution in [2.75, 3.05) is 18.9 Å². The number of benzene rings is 1. The Morgan fingerprint density at radius 3 is 2.74 bits per heavy atom. The molecular weight excluding hydrogens is 292 g/mol. The Kier molecular flexibility index (Phi) is 5.59. The summed E-state index contributed by atoms with van der Waals surface area (Å²) in [6, 6.07) is 4.00. The predicted molar refractivity (Wildman–Crippen MR) is 72.3 cm³/mol. The Labute approximate surface area is 116 Å². The molecular formula is C11H15ClN2O4S. The smallest absolute Gasteiger partial charge is 0.307 e. The molecule has 106 valence electrons. The van der Waals surface area contributed by atoms with E-state index < -0.39 is 16.0 Å². The number of carbonyl (C=O) groups is 1. The number of rotatable bonds is 6. The van der Waals surface area contributed by atoms with Gasteiger partial charge in [0.15, 0.2) is 0 Å². The van der Waals surface area contributed by atoms with Crippen LogP contribution in [-0.2, 0) is 19.6 Å². The molecule has 0 spiro atoms. The minimum atomic E-state index is -3.71. The highest BCUT2D eigenvalue weighted by Gasteiger charge is 2.15. The lowest BCUT2D eigenvalue weighted by molar-refractivity contribution is -0.142. The molecule has 0 aliphatic rings. The van der Waals surface area contributed by atoms with Gasteiger partial charge in [-0.1, -0.05) is 11.6 Å². The second-order valence-corrected chi connectivity index (χ2v) is 5.81. The Morgan fingerprint density at radius 2 is 2.16 bits per heavy atom. The summed E-state index contributed by atoms with van der Waals surface area (Å²) in [6.45, 7) is 1.90. The third-order valence-corrected chi connectivity index (χ3v) is 4.01. The largest absolute Gasteiger partial charge is 0.466 e. The van der Waals surface area contributed by atoms with E-state index in [0.717, 1.165) is 0 Å². The molecule has 0 unspecified atom stereocenters. The fourth-order valence-corrected chi connectivity index (χ4v) is 2.48. The van der Waals surface area contributed by atoms with Crippen LogP contribution in [-0.4, -0.2) is 27.5 Å². The molecule has 0 heterocycles. The van der Waals surface area contributed by atoms with Crippen LogP contribution >= 0.6 is 11.6 Å². The van der Waals surface area contributed by atoms with Crippen molar-refractivity contribution >= 4 is 33.3 Å². The van der Waals surface area contributed by atoms with Gasteiger partial charge in [-0.15, -0.1) is 0 Å². The van der Waals surface area contributed by atoms with E-state index in [9.17, 15) is 13.2 Å². The van der Waals surface area contributed by atoms with E-state index in [-0.39, 0.29) is 35.2 Å². The minimum absolute atomic E-state index is 0.00161. The number of hydrogen-bond donors (Lipinski definition) is 2. The molecule has 0 radical (unpaired) electrons. The van der Waals surface area contributed by atoms with Crippen molar-refractivity contribution in [2.24, 2.45) is 0 Å². The van der Waals surface area contributed by atoms with Crippen LogP contribution in [0.2, 0.25) is 5.02 Å². The quantitative estimate of drug-likeness (QED) is 0.607. The van der Waals surface area contributed by atoms with Crippen LogP contribution in [0.5, 0.6) is 0 Å². The number of ether oxygens (including phenoxy) is 1. The summed E-state index contributed by atoms with van der Waals surface area (Å²) < 4.78 is 30.7. The Bertz CT molecular complexity index is 560. The number of carbonyl (C=O) groups excluding carboxylic acids is 1. The molecule has 1 rings (SSSR count). The van der Waals surface area contributed by atoms with Gasteiger partial charge in [0.05, 0.1) is 28.6 Å². The highest BCUT2D eigenvalue weighted by atomic mass is 35.5. The zero-order valence-corrected chi connectivity index (χ0v) is 11.9. The normalized spacial score (nSPS) is 11.3. The standard InChI is InChI=1S/C11H15ClN2O4S/c1-2-18-11(15)5-6-14-19(16,17)8-3-4-9(12)10(13)7-8/h3-4,7,14H,2,5-6,13H2,1H3. The molecule has 1 aromatic carbocycles. The van der Waals surface area contributed by atoms with Crippen LogP contribution < -0.4 is 10.5 Å². The van der Waals surface area contributed by atoms with Crippen LogP contribution in [0.3, 0.4) is 0 Å². The highest BCUT2D eigenvalue weighted by Crippen LogP contribution is 2.21. The molecule has 0 atom stereocenters. The molecule has 0 fully saturated rings. The number of nitrogens with two attached hydrogens (primary N) is 1. The summed E-state index contributed by atoms with van der Waals surface area (Å²) in [6.07, 6.45) is -0.0316. The van der Waals surface area contributed by atoms with E-state index in [4.69, 9.17) is 17.3 Å². The third-order valence-electron chi connectivity index (χ3n) is 2.20. The molecule has 0 amide bonds. The minimum Gasteiger partial charge on any atom is -0.466 e. The summed E-state index contributed by atoms with van der Waals surface area (Å²) in [4.78, 5) is 11.1. The number of nitrogen functional groups attached to an aromatic ring is 1. The first kappa shape index (κ1) is 15.7. The fraction of sp³-hybridized carbons (Fsp3) is 0.364. The van der Waals surface area contributed by atoms with Crippen molar-refractivity contribution in [1.29, 1.82) is 0 Å². The van der Waals surface area contributed by atoms with E-state index in [1.165, 1.54) is 18.2 Å². The van der Waals surface area contributed by atoms with Crippen LogP contribution in [0.15, 0.2) is 23.1 Å². The zero-order chi connectivity index (χ0) is 14.5.